The second kappa shape index (κ2) is 10.7. The molecule has 1 aliphatic rings. The van der Waals surface area contributed by atoms with Gasteiger partial charge in [-0.15, -0.1) is 6.58 Å². The highest BCUT2D eigenvalue weighted by atomic mass is 15.0. The Labute approximate surface area is 238 Å². The lowest BCUT2D eigenvalue weighted by atomic mass is 9.85. The minimum Gasteiger partial charge on any atom is -0.312 e. The fourth-order valence-corrected chi connectivity index (χ4v) is 6.24. The molecule has 1 aliphatic carbocycles. The van der Waals surface area contributed by atoms with E-state index in [0.717, 1.165) is 12.8 Å². The van der Waals surface area contributed by atoms with Crippen LogP contribution in [0.25, 0.3) is 44.6 Å². The van der Waals surface area contributed by atoms with Crippen molar-refractivity contribution in [3.05, 3.63) is 144 Å². The molecule has 5 aromatic rings. The number of rotatable bonds is 7. The van der Waals surface area contributed by atoms with E-state index in [4.69, 9.17) is 0 Å². The zero-order chi connectivity index (χ0) is 27.8. The van der Waals surface area contributed by atoms with Crippen LogP contribution in [0.15, 0.2) is 133 Å². The van der Waals surface area contributed by atoms with Gasteiger partial charge in [0.1, 0.15) is 0 Å². The van der Waals surface area contributed by atoms with Crippen molar-refractivity contribution < 1.29 is 0 Å². The maximum Gasteiger partial charge on any atom is 0.0616 e. The molecule has 0 N–H and O–H groups in total. The average molecular weight is 520 g/mol. The average Bonchev–Trinajstić information content (AvgIpc) is 3.31. The zero-order valence-electron chi connectivity index (χ0n) is 23.8. The molecule has 0 radical (unpaired) electrons. The molecule has 198 valence electrons. The number of nitrogens with zero attached hydrogens (tertiary/aromatic N) is 1. The minimum absolute atomic E-state index is 0.337. The maximum absolute atomic E-state index is 4.40. The molecule has 2 atom stereocenters. The number of para-hydroxylation sites is 1. The zero-order valence-corrected chi connectivity index (χ0v) is 23.8. The Morgan fingerprint density at radius 2 is 1.57 bits per heavy atom. The molecule has 6 rings (SSSR count). The van der Waals surface area contributed by atoms with Gasteiger partial charge < -0.3 is 4.57 Å². The highest BCUT2D eigenvalue weighted by Crippen LogP contribution is 2.41. The first-order valence-electron chi connectivity index (χ1n) is 14.3. The summed E-state index contributed by atoms with van der Waals surface area (Å²) in [6.45, 7) is 15.1. The number of hydrogen-bond acceptors (Lipinski definition) is 0. The smallest absolute Gasteiger partial charge is 0.0616 e. The first kappa shape index (κ1) is 25.9. The van der Waals surface area contributed by atoms with Gasteiger partial charge in [0.2, 0.25) is 0 Å². The van der Waals surface area contributed by atoms with Gasteiger partial charge in [0.25, 0.3) is 0 Å². The first-order chi connectivity index (χ1) is 19.4. The van der Waals surface area contributed by atoms with Crippen molar-refractivity contribution >= 4 is 27.8 Å². The molecular formula is C39H37N. The Hall–Kier alpha value is -4.36. The molecule has 4 aromatic carbocycles. The van der Waals surface area contributed by atoms with Crippen molar-refractivity contribution in [3.63, 3.8) is 0 Å². The number of benzene rings is 4. The lowest BCUT2D eigenvalue weighted by Gasteiger charge is -2.22. The van der Waals surface area contributed by atoms with Gasteiger partial charge >= 0.3 is 0 Å². The number of allylic oxidation sites excluding steroid dienone is 5. The molecule has 0 saturated heterocycles. The topological polar surface area (TPSA) is 4.93 Å². The summed E-state index contributed by atoms with van der Waals surface area (Å²) in [5.41, 5.74) is 11.5. The Morgan fingerprint density at radius 1 is 0.875 bits per heavy atom. The van der Waals surface area contributed by atoms with E-state index in [-0.39, 0.29) is 0 Å². The summed E-state index contributed by atoms with van der Waals surface area (Å²) < 4.78 is 2.51. The molecule has 40 heavy (non-hydrogen) atoms. The van der Waals surface area contributed by atoms with Crippen molar-refractivity contribution in [2.24, 2.45) is 11.8 Å². The van der Waals surface area contributed by atoms with Gasteiger partial charge in [0, 0.05) is 33.6 Å². The minimum atomic E-state index is 0.337. The van der Waals surface area contributed by atoms with Crippen molar-refractivity contribution in [2.75, 3.05) is 0 Å². The second-order valence-electron chi connectivity index (χ2n) is 11.5. The van der Waals surface area contributed by atoms with Gasteiger partial charge in [-0.2, -0.15) is 0 Å². The Morgan fingerprint density at radius 3 is 2.30 bits per heavy atom. The van der Waals surface area contributed by atoms with Crippen LogP contribution >= 0.6 is 0 Å². The molecule has 1 aromatic heterocycles. The van der Waals surface area contributed by atoms with Gasteiger partial charge in [-0.3, -0.25) is 0 Å². The number of aromatic nitrogens is 1. The fourth-order valence-electron chi connectivity index (χ4n) is 6.24. The van der Waals surface area contributed by atoms with Crippen LogP contribution in [0, 0.1) is 11.8 Å². The predicted molar refractivity (Wildman–Crippen MR) is 174 cm³/mol. The predicted octanol–water partition coefficient (Wildman–Crippen LogP) is 10.7. The summed E-state index contributed by atoms with van der Waals surface area (Å²) >= 11 is 0. The second-order valence-corrected chi connectivity index (χ2v) is 11.5. The summed E-state index contributed by atoms with van der Waals surface area (Å²) in [5, 5.41) is 3.87. The monoisotopic (exact) mass is 519 g/mol. The largest absolute Gasteiger partial charge is 0.312 e. The number of fused-ring (bicyclic) bond motifs is 5. The van der Waals surface area contributed by atoms with E-state index >= 15 is 0 Å². The molecule has 1 nitrogen and oxygen atoms in total. The highest BCUT2D eigenvalue weighted by Gasteiger charge is 2.25. The van der Waals surface area contributed by atoms with Crippen molar-refractivity contribution in [1.29, 1.82) is 0 Å². The van der Waals surface area contributed by atoms with Gasteiger partial charge in [-0.05, 0) is 67.3 Å². The van der Waals surface area contributed by atoms with Crippen LogP contribution in [0.3, 0.4) is 0 Å². The molecule has 0 bridgehead atoms. The van der Waals surface area contributed by atoms with E-state index in [1.807, 2.05) is 0 Å². The van der Waals surface area contributed by atoms with Crippen LogP contribution in [0.1, 0.15) is 38.4 Å². The molecular weight excluding hydrogens is 482 g/mol. The lowest BCUT2D eigenvalue weighted by Crippen LogP contribution is -2.12. The number of hydrogen-bond donors (Lipinski definition) is 0. The molecule has 0 aliphatic heterocycles. The third kappa shape index (κ3) is 4.77. The van der Waals surface area contributed by atoms with E-state index in [9.17, 15) is 0 Å². The summed E-state index contributed by atoms with van der Waals surface area (Å²) in [4.78, 5) is 0. The van der Waals surface area contributed by atoms with Crippen molar-refractivity contribution in [3.8, 4) is 16.8 Å². The van der Waals surface area contributed by atoms with E-state index in [1.165, 1.54) is 66.5 Å². The van der Waals surface area contributed by atoms with Crippen LogP contribution in [-0.4, -0.2) is 4.57 Å². The van der Waals surface area contributed by atoms with E-state index in [1.54, 1.807) is 0 Å². The summed E-state index contributed by atoms with van der Waals surface area (Å²) in [6.07, 6.45) is 9.00. The standard InChI is InChI=1S/C39H37N/c1-26(2)22-27(3)28(4)23-29(5)31-16-20-36-37-21-18-33-24-32(30-12-8-6-9-13-30)17-19-35(33)39(37)40(38(36)25-31)34-14-10-7-11-15-34/h6-21,23-24,27,31H,1,4,22,25H2,2-3,5H3/b29-23+. The van der Waals surface area contributed by atoms with Crippen LogP contribution in [0.2, 0.25) is 0 Å². The van der Waals surface area contributed by atoms with E-state index in [2.05, 4.69) is 148 Å². The van der Waals surface area contributed by atoms with Crippen LogP contribution < -0.4 is 0 Å². The summed E-state index contributed by atoms with van der Waals surface area (Å²) in [5.74, 6) is 0.738. The summed E-state index contributed by atoms with van der Waals surface area (Å²) in [6, 6.07) is 33.0. The van der Waals surface area contributed by atoms with Gasteiger partial charge in [-0.25, -0.2) is 0 Å². The third-order valence-corrected chi connectivity index (χ3v) is 8.40. The Balaban J connectivity index is 1.48. The van der Waals surface area contributed by atoms with Gasteiger partial charge in [0.05, 0.1) is 5.52 Å². The normalized spacial score (nSPS) is 15.8. The molecule has 1 heterocycles. The Bertz CT molecular complexity index is 1790. The lowest BCUT2D eigenvalue weighted by molar-refractivity contribution is 0.679. The third-order valence-electron chi connectivity index (χ3n) is 8.40. The first-order valence-corrected chi connectivity index (χ1v) is 14.3. The molecule has 1 heteroatoms. The van der Waals surface area contributed by atoms with Crippen LogP contribution in [-0.2, 0) is 6.42 Å². The van der Waals surface area contributed by atoms with Gasteiger partial charge in [0.15, 0.2) is 0 Å². The highest BCUT2D eigenvalue weighted by molar-refractivity contribution is 6.11. The fraction of sp³-hybridized carbons (Fsp3) is 0.179. The molecule has 0 saturated carbocycles. The molecule has 0 fully saturated rings. The van der Waals surface area contributed by atoms with E-state index < -0.39 is 0 Å². The molecule has 0 amide bonds. The quantitative estimate of drug-likeness (QED) is 0.149. The maximum atomic E-state index is 4.40. The van der Waals surface area contributed by atoms with Crippen LogP contribution in [0.5, 0.6) is 0 Å². The van der Waals surface area contributed by atoms with Crippen molar-refractivity contribution in [1.82, 2.24) is 4.57 Å². The Kier molecular flexibility index (Phi) is 6.90. The SMILES string of the molecule is C=C(C)CC(C)C(=C)/C=C(\C)C1C=Cc2c(n(-c3ccccc3)c3c2ccc2cc(-c4ccccc4)ccc23)C1. The van der Waals surface area contributed by atoms with Crippen LogP contribution in [0.4, 0.5) is 0 Å². The van der Waals surface area contributed by atoms with Gasteiger partial charge in [-0.1, -0.05) is 121 Å². The molecule has 0 spiro atoms. The summed E-state index contributed by atoms with van der Waals surface area (Å²) in [7, 11) is 0. The van der Waals surface area contributed by atoms with E-state index in [0.29, 0.717) is 11.8 Å². The molecule has 2 unspecified atom stereocenters. The van der Waals surface area contributed by atoms with Crippen molar-refractivity contribution in [2.45, 2.75) is 33.6 Å².